The molecule has 17 heavy (non-hydrogen) atoms. The molecule has 4 heteroatoms. The van der Waals surface area contributed by atoms with E-state index < -0.39 is 0 Å². The SMILES string of the molecule is CN(C)CCN(C)C.Cc1[c-]cccc1.[Cl-].[Ni+2]. The molecule has 0 radical (unpaired) electrons. The van der Waals surface area contributed by atoms with Gasteiger partial charge in [0.25, 0.3) is 0 Å². The average molecular weight is 301 g/mol. The van der Waals surface area contributed by atoms with Gasteiger partial charge >= 0.3 is 16.5 Å². The van der Waals surface area contributed by atoms with Gasteiger partial charge < -0.3 is 22.2 Å². The van der Waals surface area contributed by atoms with Crippen molar-refractivity contribution in [3.63, 3.8) is 0 Å². The van der Waals surface area contributed by atoms with Crippen molar-refractivity contribution in [2.45, 2.75) is 6.92 Å². The van der Waals surface area contributed by atoms with E-state index in [1.807, 2.05) is 31.2 Å². The van der Waals surface area contributed by atoms with Crippen molar-refractivity contribution in [1.29, 1.82) is 0 Å². The minimum Gasteiger partial charge on any atom is -1.00 e. The van der Waals surface area contributed by atoms with E-state index in [-0.39, 0.29) is 28.9 Å². The first kappa shape index (κ1) is 22.1. The van der Waals surface area contributed by atoms with Gasteiger partial charge in [-0.1, -0.05) is 6.92 Å². The van der Waals surface area contributed by atoms with Crippen molar-refractivity contribution < 1.29 is 28.9 Å². The Morgan fingerprint density at radius 3 is 1.65 bits per heavy atom. The summed E-state index contributed by atoms with van der Waals surface area (Å²) in [4.78, 5) is 4.36. The Kier molecular flexibility index (Phi) is 18.2. The number of hydrogen-bond donors (Lipinski definition) is 0. The Hall–Kier alpha value is -0.0765. The standard InChI is InChI=1S/C7H7.C6H16N2.ClH.Ni/c1-7-5-3-2-4-6-7;1-7(2)5-6-8(3)4;;/h2-5H,1H3;5-6H2,1-4H3;1H;/q-1;;;+2/p-1. The maximum absolute atomic E-state index is 3.03. The van der Waals surface area contributed by atoms with Gasteiger partial charge in [0.05, 0.1) is 0 Å². The second-order valence-electron chi connectivity index (χ2n) is 4.15. The summed E-state index contributed by atoms with van der Waals surface area (Å²) in [6.45, 7) is 4.32. The molecule has 102 valence electrons. The summed E-state index contributed by atoms with van der Waals surface area (Å²) in [6, 6.07) is 10.9. The first-order valence-corrected chi connectivity index (χ1v) is 5.25. The van der Waals surface area contributed by atoms with Gasteiger partial charge in [-0.25, -0.2) is 0 Å². The predicted molar refractivity (Wildman–Crippen MR) is 67.1 cm³/mol. The molecule has 2 nitrogen and oxygen atoms in total. The van der Waals surface area contributed by atoms with Crippen LogP contribution in [0.3, 0.4) is 0 Å². The Morgan fingerprint density at radius 1 is 1.00 bits per heavy atom. The van der Waals surface area contributed by atoms with E-state index in [4.69, 9.17) is 0 Å². The molecule has 0 aliphatic rings. The van der Waals surface area contributed by atoms with Gasteiger partial charge in [0, 0.05) is 13.1 Å². The van der Waals surface area contributed by atoms with Gasteiger partial charge in [0.1, 0.15) is 0 Å². The summed E-state index contributed by atoms with van der Waals surface area (Å²) in [5.41, 5.74) is 1.20. The van der Waals surface area contributed by atoms with Gasteiger partial charge in [-0.05, 0) is 28.2 Å². The van der Waals surface area contributed by atoms with Crippen molar-refractivity contribution in [2.75, 3.05) is 41.3 Å². The number of aryl methyl sites for hydroxylation is 1. The second-order valence-corrected chi connectivity index (χ2v) is 4.15. The molecular weight excluding hydrogens is 278 g/mol. The maximum Gasteiger partial charge on any atom is 2.00 e. The zero-order valence-electron chi connectivity index (χ0n) is 11.3. The molecule has 0 fully saturated rings. The van der Waals surface area contributed by atoms with Crippen LogP contribution in [0.15, 0.2) is 24.3 Å². The molecule has 0 spiro atoms. The zero-order chi connectivity index (χ0) is 11.7. The molecule has 0 aliphatic heterocycles. The number of likely N-dealkylation sites (N-methyl/N-ethyl adjacent to an activating group) is 2. The molecule has 0 saturated heterocycles. The topological polar surface area (TPSA) is 6.48 Å². The van der Waals surface area contributed by atoms with Gasteiger partial charge in [0.2, 0.25) is 0 Å². The molecule has 1 aromatic carbocycles. The monoisotopic (exact) mass is 300 g/mol. The summed E-state index contributed by atoms with van der Waals surface area (Å²) in [6.07, 6.45) is 0. The number of halogens is 1. The number of rotatable bonds is 3. The molecule has 1 aromatic rings. The molecule has 0 aromatic heterocycles. The molecule has 0 atom stereocenters. The molecular formula is C13H23ClN2Ni. The molecule has 0 saturated carbocycles. The summed E-state index contributed by atoms with van der Waals surface area (Å²) < 4.78 is 0. The van der Waals surface area contributed by atoms with Crippen molar-refractivity contribution in [1.82, 2.24) is 9.80 Å². The normalized spacial score (nSPS) is 8.88. The van der Waals surface area contributed by atoms with E-state index >= 15 is 0 Å². The van der Waals surface area contributed by atoms with E-state index in [1.165, 1.54) is 5.56 Å². The minimum atomic E-state index is 0. The smallest absolute Gasteiger partial charge is 1.00 e. The molecule has 1 rings (SSSR count). The summed E-state index contributed by atoms with van der Waals surface area (Å²) >= 11 is 0. The fraction of sp³-hybridized carbons (Fsp3) is 0.538. The Balaban J connectivity index is -0.000000207. The van der Waals surface area contributed by atoms with E-state index in [0.29, 0.717) is 0 Å². The van der Waals surface area contributed by atoms with E-state index in [0.717, 1.165) is 13.1 Å². The van der Waals surface area contributed by atoms with Crippen molar-refractivity contribution in [3.05, 3.63) is 35.9 Å². The van der Waals surface area contributed by atoms with Gasteiger partial charge in [-0.15, -0.1) is 0 Å². The van der Waals surface area contributed by atoms with Crippen LogP contribution >= 0.6 is 0 Å². The average Bonchev–Trinajstić information content (AvgIpc) is 2.17. The van der Waals surface area contributed by atoms with Gasteiger partial charge in [-0.2, -0.15) is 35.9 Å². The van der Waals surface area contributed by atoms with Crippen molar-refractivity contribution in [2.24, 2.45) is 0 Å². The second kappa shape index (κ2) is 14.0. The Labute approximate surface area is 123 Å². The molecule has 0 heterocycles. The third-order valence-electron chi connectivity index (χ3n) is 1.86. The van der Waals surface area contributed by atoms with E-state index in [2.05, 4.69) is 44.1 Å². The number of benzene rings is 1. The molecule has 0 amide bonds. The van der Waals surface area contributed by atoms with Crippen molar-refractivity contribution in [3.8, 4) is 0 Å². The first-order valence-electron chi connectivity index (χ1n) is 5.25. The minimum absolute atomic E-state index is 0. The van der Waals surface area contributed by atoms with Crippen LogP contribution in [-0.4, -0.2) is 51.1 Å². The van der Waals surface area contributed by atoms with Crippen LogP contribution in [0.5, 0.6) is 0 Å². The van der Waals surface area contributed by atoms with E-state index in [9.17, 15) is 0 Å². The summed E-state index contributed by atoms with van der Waals surface area (Å²) in [5, 5.41) is 0. The van der Waals surface area contributed by atoms with Crippen LogP contribution in [0.25, 0.3) is 0 Å². The fourth-order valence-corrected chi connectivity index (χ4v) is 0.883. The number of hydrogen-bond acceptors (Lipinski definition) is 2. The third kappa shape index (κ3) is 18.5. The number of nitrogens with zero attached hydrogens (tertiary/aromatic N) is 2. The largest absolute Gasteiger partial charge is 2.00 e. The first-order chi connectivity index (χ1) is 7.02. The van der Waals surface area contributed by atoms with E-state index in [1.54, 1.807) is 0 Å². The van der Waals surface area contributed by atoms with Crippen LogP contribution in [0, 0.1) is 13.0 Å². The third-order valence-corrected chi connectivity index (χ3v) is 1.86. The van der Waals surface area contributed by atoms with Gasteiger partial charge in [-0.3, -0.25) is 0 Å². The molecule has 0 bridgehead atoms. The molecule has 0 N–H and O–H groups in total. The maximum atomic E-state index is 3.03. The van der Waals surface area contributed by atoms with Crippen LogP contribution < -0.4 is 12.4 Å². The van der Waals surface area contributed by atoms with Crippen LogP contribution in [0.1, 0.15) is 5.56 Å². The predicted octanol–water partition coefficient (Wildman–Crippen LogP) is -1.09. The summed E-state index contributed by atoms with van der Waals surface area (Å²) in [5.74, 6) is 0. The molecule has 0 aliphatic carbocycles. The van der Waals surface area contributed by atoms with Crippen LogP contribution in [0.2, 0.25) is 0 Å². The fourth-order valence-electron chi connectivity index (χ4n) is 0.883. The van der Waals surface area contributed by atoms with Gasteiger partial charge in [0.15, 0.2) is 0 Å². The van der Waals surface area contributed by atoms with Crippen LogP contribution in [-0.2, 0) is 16.5 Å². The quantitative estimate of drug-likeness (QED) is 0.517. The Morgan fingerprint density at radius 2 is 1.47 bits per heavy atom. The van der Waals surface area contributed by atoms with Crippen LogP contribution in [0.4, 0.5) is 0 Å². The van der Waals surface area contributed by atoms with Crippen molar-refractivity contribution >= 4 is 0 Å². The Bertz CT molecular complexity index is 232. The zero-order valence-corrected chi connectivity index (χ0v) is 13.1. The molecule has 0 unspecified atom stereocenters. The summed E-state index contributed by atoms with van der Waals surface area (Å²) in [7, 11) is 8.35.